The van der Waals surface area contributed by atoms with Gasteiger partial charge >= 0.3 is 0 Å². The van der Waals surface area contributed by atoms with Crippen LogP contribution >= 0.6 is 0 Å². The maximum atomic E-state index is 5.32. The van der Waals surface area contributed by atoms with Gasteiger partial charge in [-0.3, -0.25) is 0 Å². The van der Waals surface area contributed by atoms with Crippen molar-refractivity contribution < 1.29 is 0 Å². The zero-order valence-electron chi connectivity index (χ0n) is 35.4. The molecule has 0 bridgehead atoms. The third-order valence-corrected chi connectivity index (χ3v) is 13.6. The molecule has 302 valence electrons. The Kier molecular flexibility index (Phi) is 8.44. The van der Waals surface area contributed by atoms with Crippen LogP contribution in [0.3, 0.4) is 0 Å². The Morgan fingerprint density at radius 1 is 0.262 bits per heavy atom. The summed E-state index contributed by atoms with van der Waals surface area (Å²) in [4.78, 5) is 15.7. The number of benzene rings is 11. The lowest BCUT2D eigenvalue weighted by atomic mass is 9.67. The van der Waals surface area contributed by atoms with Gasteiger partial charge in [-0.2, -0.15) is 0 Å². The summed E-state index contributed by atoms with van der Waals surface area (Å²) in [5, 5.41) is 7.72. The first-order valence-electron chi connectivity index (χ1n) is 22.3. The van der Waals surface area contributed by atoms with Gasteiger partial charge in [0.15, 0.2) is 17.5 Å². The monoisotopic (exact) mass is 825 g/mol. The van der Waals surface area contributed by atoms with Crippen LogP contribution in [0, 0.1) is 0 Å². The quantitative estimate of drug-likeness (QED) is 0.150. The molecule has 0 aliphatic heterocycles. The van der Waals surface area contributed by atoms with E-state index in [1.807, 2.05) is 24.3 Å². The van der Waals surface area contributed by atoms with Crippen LogP contribution in [0.2, 0.25) is 0 Å². The Balaban J connectivity index is 1.05. The minimum absolute atomic E-state index is 0.598. The highest BCUT2D eigenvalue weighted by Gasteiger charge is 2.46. The van der Waals surface area contributed by atoms with Gasteiger partial charge in [0.25, 0.3) is 0 Å². The molecule has 1 aliphatic carbocycles. The Morgan fingerprint density at radius 3 is 1.48 bits per heavy atom. The minimum Gasteiger partial charge on any atom is -0.208 e. The molecule has 0 unspecified atom stereocenters. The molecule has 0 radical (unpaired) electrons. The van der Waals surface area contributed by atoms with Crippen molar-refractivity contribution in [3.05, 3.63) is 259 Å². The van der Waals surface area contributed by atoms with Gasteiger partial charge in [0, 0.05) is 16.7 Å². The highest BCUT2D eigenvalue weighted by atomic mass is 15.0. The van der Waals surface area contributed by atoms with Crippen molar-refractivity contribution in [3.63, 3.8) is 0 Å². The van der Waals surface area contributed by atoms with Crippen molar-refractivity contribution in [2.24, 2.45) is 0 Å². The molecule has 0 fully saturated rings. The predicted molar refractivity (Wildman–Crippen MR) is 268 cm³/mol. The molecule has 11 aromatic carbocycles. The van der Waals surface area contributed by atoms with E-state index in [-0.39, 0.29) is 0 Å². The molecule has 13 rings (SSSR count). The number of nitrogens with zero attached hydrogens (tertiary/aromatic N) is 3. The number of hydrogen-bond acceptors (Lipinski definition) is 3. The number of hydrogen-bond donors (Lipinski definition) is 0. The molecule has 1 aliphatic rings. The van der Waals surface area contributed by atoms with E-state index >= 15 is 0 Å². The van der Waals surface area contributed by atoms with Gasteiger partial charge in [0.2, 0.25) is 0 Å². The van der Waals surface area contributed by atoms with E-state index in [4.69, 9.17) is 15.0 Å². The maximum absolute atomic E-state index is 5.32. The molecule has 1 aromatic heterocycles. The van der Waals surface area contributed by atoms with E-state index in [2.05, 4.69) is 212 Å². The van der Waals surface area contributed by atoms with Gasteiger partial charge in [-0.15, -0.1) is 0 Å². The average Bonchev–Trinajstić information content (AvgIpc) is 3.68. The lowest BCUT2D eigenvalue weighted by molar-refractivity contribution is 0.769. The Hall–Kier alpha value is -8.53. The highest BCUT2D eigenvalue weighted by Crippen LogP contribution is 2.57. The largest absolute Gasteiger partial charge is 0.208 e. The van der Waals surface area contributed by atoms with Gasteiger partial charge < -0.3 is 0 Å². The summed E-state index contributed by atoms with van der Waals surface area (Å²) < 4.78 is 0. The molecular formula is C62H39N3. The summed E-state index contributed by atoms with van der Waals surface area (Å²) in [5.41, 5.74) is 14.1. The molecule has 0 saturated carbocycles. The smallest absolute Gasteiger partial charge is 0.164 e. The zero-order valence-corrected chi connectivity index (χ0v) is 35.4. The van der Waals surface area contributed by atoms with E-state index < -0.39 is 5.41 Å². The van der Waals surface area contributed by atoms with Crippen molar-refractivity contribution in [3.8, 4) is 67.5 Å². The zero-order chi connectivity index (χ0) is 42.9. The van der Waals surface area contributed by atoms with E-state index in [0.29, 0.717) is 17.5 Å². The topological polar surface area (TPSA) is 38.7 Å². The summed E-state index contributed by atoms with van der Waals surface area (Å²) in [6.45, 7) is 0. The van der Waals surface area contributed by atoms with E-state index in [9.17, 15) is 0 Å². The predicted octanol–water partition coefficient (Wildman–Crippen LogP) is 15.5. The second-order valence-electron chi connectivity index (χ2n) is 17.1. The van der Waals surface area contributed by atoms with Gasteiger partial charge in [-0.1, -0.05) is 224 Å². The second kappa shape index (κ2) is 14.8. The Labute approximate surface area is 377 Å². The van der Waals surface area contributed by atoms with E-state index in [0.717, 1.165) is 27.8 Å². The number of rotatable bonds is 7. The molecule has 12 aromatic rings. The highest BCUT2D eigenvalue weighted by molar-refractivity contribution is 6.25. The van der Waals surface area contributed by atoms with Gasteiger partial charge in [0.1, 0.15) is 0 Å². The van der Waals surface area contributed by atoms with E-state index in [1.165, 1.54) is 76.8 Å². The summed E-state index contributed by atoms with van der Waals surface area (Å²) >= 11 is 0. The van der Waals surface area contributed by atoms with Crippen LogP contribution in [-0.2, 0) is 5.41 Å². The first-order chi connectivity index (χ1) is 32.2. The number of fused-ring (bicyclic) bond motifs is 3. The first kappa shape index (κ1) is 37.1. The standard InChI is InChI=1S/C62H39N3/c1-5-16-40(17-6-1)49-26-13-14-27-53(49)61-64-59(44-18-7-2-8-19-44)63-60(65-61)46-33-37-55-54(38-46)51-35-32-45(39-56(51)62(55,47-22-9-3-10-23-47)48-24-11-4-12-25-48)50-34-30-43-29-28-41-20-15-21-42-31-36-52(50)58(43)57(41)42/h1-39H. The van der Waals surface area contributed by atoms with E-state index in [1.54, 1.807) is 0 Å². The molecule has 65 heavy (non-hydrogen) atoms. The van der Waals surface area contributed by atoms with Gasteiger partial charge in [-0.25, -0.2) is 15.0 Å². The van der Waals surface area contributed by atoms with Crippen molar-refractivity contribution in [1.29, 1.82) is 0 Å². The van der Waals surface area contributed by atoms with Gasteiger partial charge in [-0.05, 0) is 100 Å². The Morgan fingerprint density at radius 2 is 0.785 bits per heavy atom. The second-order valence-corrected chi connectivity index (χ2v) is 17.1. The van der Waals surface area contributed by atoms with Gasteiger partial charge in [0.05, 0.1) is 5.41 Å². The maximum Gasteiger partial charge on any atom is 0.164 e. The van der Waals surface area contributed by atoms with Crippen molar-refractivity contribution in [1.82, 2.24) is 15.0 Å². The first-order valence-corrected chi connectivity index (χ1v) is 22.3. The van der Waals surface area contributed by atoms with Crippen LogP contribution in [0.5, 0.6) is 0 Å². The normalized spacial score (nSPS) is 12.7. The fraction of sp³-hybridized carbons (Fsp3) is 0.0161. The summed E-state index contributed by atoms with van der Waals surface area (Å²) in [6.07, 6.45) is 0. The van der Waals surface area contributed by atoms with Crippen LogP contribution < -0.4 is 0 Å². The lowest BCUT2D eigenvalue weighted by Crippen LogP contribution is -2.28. The fourth-order valence-corrected chi connectivity index (χ4v) is 10.7. The lowest BCUT2D eigenvalue weighted by Gasteiger charge is -2.34. The number of aromatic nitrogens is 3. The summed E-state index contributed by atoms with van der Waals surface area (Å²) in [5.74, 6) is 1.90. The van der Waals surface area contributed by atoms with Crippen LogP contribution in [0.1, 0.15) is 22.3 Å². The molecule has 0 amide bonds. The molecule has 0 saturated heterocycles. The Bertz CT molecular complexity index is 3700. The molecule has 1 heterocycles. The summed E-state index contributed by atoms with van der Waals surface area (Å²) in [6, 6.07) is 85.5. The summed E-state index contributed by atoms with van der Waals surface area (Å²) in [7, 11) is 0. The molecular weight excluding hydrogens is 787 g/mol. The fourth-order valence-electron chi connectivity index (χ4n) is 10.7. The molecule has 0 atom stereocenters. The van der Waals surface area contributed by atoms with Crippen LogP contribution in [0.4, 0.5) is 0 Å². The molecule has 3 nitrogen and oxygen atoms in total. The molecule has 0 spiro atoms. The molecule has 0 N–H and O–H groups in total. The van der Waals surface area contributed by atoms with Crippen LogP contribution in [-0.4, -0.2) is 15.0 Å². The van der Waals surface area contributed by atoms with Crippen molar-refractivity contribution in [2.45, 2.75) is 5.41 Å². The SMILES string of the molecule is c1ccc(-c2nc(-c3ccc4c(c3)-c3ccc(-c5ccc6ccc7cccc8ccc5c6c78)cc3C4(c3ccccc3)c3ccccc3)nc(-c3ccccc3-c3ccccc3)n2)cc1. The minimum atomic E-state index is -0.598. The van der Waals surface area contributed by atoms with Crippen LogP contribution in [0.25, 0.3) is 99.9 Å². The van der Waals surface area contributed by atoms with Crippen molar-refractivity contribution >= 4 is 32.3 Å². The molecule has 3 heteroatoms. The third kappa shape index (κ3) is 5.79. The van der Waals surface area contributed by atoms with Crippen molar-refractivity contribution in [2.75, 3.05) is 0 Å². The third-order valence-electron chi connectivity index (χ3n) is 13.6. The van der Waals surface area contributed by atoms with Crippen LogP contribution in [0.15, 0.2) is 237 Å². The average molecular weight is 826 g/mol.